The van der Waals surface area contributed by atoms with Crippen molar-refractivity contribution in [3.05, 3.63) is 59.7 Å². The van der Waals surface area contributed by atoms with Crippen LogP contribution in [0.25, 0.3) is 11.1 Å². The Bertz CT molecular complexity index is 778. The summed E-state index contributed by atoms with van der Waals surface area (Å²) in [5.74, 6) is -1.26. The Hall–Kier alpha value is -2.90. The van der Waals surface area contributed by atoms with Crippen LogP contribution in [0.4, 0.5) is 4.79 Å². The molecule has 2 aromatic carbocycles. The Morgan fingerprint density at radius 1 is 1.04 bits per heavy atom. The molecule has 1 amide bonds. The number of benzene rings is 2. The molecule has 1 atom stereocenters. The van der Waals surface area contributed by atoms with Gasteiger partial charge in [0, 0.05) is 19.0 Å². The molecule has 1 aliphatic carbocycles. The first-order chi connectivity index (χ1) is 13.1. The topological polar surface area (TPSA) is 108 Å². The lowest BCUT2D eigenvalue weighted by molar-refractivity contribution is -0.139. The molecule has 0 unspecified atom stereocenters. The summed E-state index contributed by atoms with van der Waals surface area (Å²) in [6, 6.07) is 14.8. The molecule has 0 saturated heterocycles. The van der Waals surface area contributed by atoms with Crippen molar-refractivity contribution in [2.75, 3.05) is 26.3 Å². The van der Waals surface area contributed by atoms with Crippen LogP contribution in [0.2, 0.25) is 0 Å². The molecule has 0 aliphatic heterocycles. The summed E-state index contributed by atoms with van der Waals surface area (Å²) < 4.78 is 5.34. The molecule has 0 heterocycles. The summed E-state index contributed by atoms with van der Waals surface area (Å²) in [6.07, 6.45) is -0.782. The number of alkyl carbamates (subject to hydrolysis) is 1. The van der Waals surface area contributed by atoms with E-state index in [-0.39, 0.29) is 32.2 Å². The normalized spacial score (nSPS) is 13.5. The number of hydrogen-bond donors (Lipinski definition) is 4. The van der Waals surface area contributed by atoms with Crippen LogP contribution in [0.3, 0.4) is 0 Å². The molecule has 0 spiro atoms. The number of carbonyl (C=O) groups is 2. The van der Waals surface area contributed by atoms with Gasteiger partial charge in [-0.2, -0.15) is 0 Å². The predicted molar refractivity (Wildman–Crippen MR) is 99.6 cm³/mol. The number of carboxylic acid groups (broad SMARTS) is 1. The number of carboxylic acids is 1. The third kappa shape index (κ3) is 4.27. The number of amides is 1. The number of nitrogens with one attached hydrogen (secondary N) is 2. The number of aliphatic hydroxyl groups is 1. The SMILES string of the molecule is O=C(N[C@@H](CNCCO)C(=O)O)OCC1c2ccccc2-c2ccccc21. The van der Waals surface area contributed by atoms with Gasteiger partial charge in [0.2, 0.25) is 0 Å². The Labute approximate surface area is 157 Å². The van der Waals surface area contributed by atoms with Crippen LogP contribution in [-0.4, -0.2) is 54.6 Å². The molecular formula is C20H22N2O5. The van der Waals surface area contributed by atoms with Crippen LogP contribution >= 0.6 is 0 Å². The number of carbonyl (C=O) groups excluding carboxylic acids is 1. The smallest absolute Gasteiger partial charge is 0.407 e. The molecule has 0 saturated carbocycles. The minimum absolute atomic E-state index is 0.0000880. The number of rotatable bonds is 8. The number of aliphatic carboxylic acids is 1. The van der Waals surface area contributed by atoms with Crippen molar-refractivity contribution in [3.8, 4) is 11.1 Å². The lowest BCUT2D eigenvalue weighted by Gasteiger charge is -2.17. The molecule has 27 heavy (non-hydrogen) atoms. The third-order valence-corrected chi connectivity index (χ3v) is 4.57. The zero-order valence-electron chi connectivity index (χ0n) is 14.7. The molecule has 0 bridgehead atoms. The highest BCUT2D eigenvalue weighted by Gasteiger charge is 2.29. The van der Waals surface area contributed by atoms with Gasteiger partial charge in [-0.25, -0.2) is 9.59 Å². The summed E-state index contributed by atoms with van der Waals surface area (Å²) in [6.45, 7) is 0.254. The van der Waals surface area contributed by atoms with E-state index in [1.54, 1.807) is 0 Å². The van der Waals surface area contributed by atoms with Crippen molar-refractivity contribution >= 4 is 12.1 Å². The van der Waals surface area contributed by atoms with Crippen molar-refractivity contribution in [1.82, 2.24) is 10.6 Å². The lowest BCUT2D eigenvalue weighted by Crippen LogP contribution is -2.48. The first-order valence-corrected chi connectivity index (χ1v) is 8.77. The van der Waals surface area contributed by atoms with E-state index in [2.05, 4.69) is 10.6 Å². The molecule has 0 aromatic heterocycles. The summed E-state index contributed by atoms with van der Waals surface area (Å²) in [4.78, 5) is 23.3. The van der Waals surface area contributed by atoms with Gasteiger partial charge in [0.25, 0.3) is 0 Å². The minimum atomic E-state index is -1.17. The average Bonchev–Trinajstić information content (AvgIpc) is 2.99. The van der Waals surface area contributed by atoms with E-state index in [0.29, 0.717) is 0 Å². The van der Waals surface area contributed by atoms with E-state index >= 15 is 0 Å². The zero-order chi connectivity index (χ0) is 19.2. The maximum Gasteiger partial charge on any atom is 0.407 e. The minimum Gasteiger partial charge on any atom is -0.480 e. The first kappa shape index (κ1) is 18.9. The lowest BCUT2D eigenvalue weighted by atomic mass is 9.98. The first-order valence-electron chi connectivity index (χ1n) is 8.77. The largest absolute Gasteiger partial charge is 0.480 e. The summed E-state index contributed by atoms with van der Waals surface area (Å²) in [5, 5.41) is 23.0. The van der Waals surface area contributed by atoms with Gasteiger partial charge in [-0.05, 0) is 22.3 Å². The fraction of sp³-hybridized carbons (Fsp3) is 0.300. The highest BCUT2D eigenvalue weighted by Crippen LogP contribution is 2.44. The molecule has 142 valence electrons. The van der Waals surface area contributed by atoms with E-state index in [4.69, 9.17) is 9.84 Å². The van der Waals surface area contributed by atoms with Crippen molar-refractivity contribution < 1.29 is 24.5 Å². The molecular weight excluding hydrogens is 348 g/mol. The Balaban J connectivity index is 1.64. The predicted octanol–water partition coefficient (Wildman–Crippen LogP) is 1.56. The molecule has 1 aliphatic rings. The van der Waals surface area contributed by atoms with Crippen LogP contribution in [0.1, 0.15) is 17.0 Å². The van der Waals surface area contributed by atoms with Crippen molar-refractivity contribution in [2.45, 2.75) is 12.0 Å². The molecule has 3 rings (SSSR count). The van der Waals surface area contributed by atoms with Crippen LogP contribution in [0.15, 0.2) is 48.5 Å². The zero-order valence-corrected chi connectivity index (χ0v) is 14.7. The van der Waals surface area contributed by atoms with Crippen molar-refractivity contribution in [2.24, 2.45) is 0 Å². The van der Waals surface area contributed by atoms with Crippen LogP contribution in [0, 0.1) is 0 Å². The number of fused-ring (bicyclic) bond motifs is 3. The quantitative estimate of drug-likeness (QED) is 0.525. The summed E-state index contributed by atoms with van der Waals surface area (Å²) in [7, 11) is 0. The number of hydrogen-bond acceptors (Lipinski definition) is 5. The van der Waals surface area contributed by atoms with E-state index in [1.165, 1.54) is 0 Å². The molecule has 4 N–H and O–H groups in total. The van der Waals surface area contributed by atoms with Gasteiger partial charge in [-0.15, -0.1) is 0 Å². The second-order valence-electron chi connectivity index (χ2n) is 6.29. The number of ether oxygens (including phenoxy) is 1. The van der Waals surface area contributed by atoms with Gasteiger partial charge in [-0.3, -0.25) is 0 Å². The highest BCUT2D eigenvalue weighted by molar-refractivity contribution is 5.81. The fourth-order valence-electron chi connectivity index (χ4n) is 3.31. The molecule has 0 fully saturated rings. The molecule has 0 radical (unpaired) electrons. The van der Waals surface area contributed by atoms with Crippen LogP contribution < -0.4 is 10.6 Å². The van der Waals surface area contributed by atoms with E-state index in [0.717, 1.165) is 22.3 Å². The second-order valence-corrected chi connectivity index (χ2v) is 6.29. The highest BCUT2D eigenvalue weighted by atomic mass is 16.5. The van der Waals surface area contributed by atoms with Gasteiger partial charge in [-0.1, -0.05) is 48.5 Å². The van der Waals surface area contributed by atoms with E-state index in [9.17, 15) is 14.7 Å². The molecule has 7 heteroatoms. The molecule has 2 aromatic rings. The summed E-state index contributed by atoms with van der Waals surface area (Å²) >= 11 is 0. The van der Waals surface area contributed by atoms with Gasteiger partial charge in [0.05, 0.1) is 6.61 Å². The van der Waals surface area contributed by atoms with Gasteiger partial charge < -0.3 is 25.6 Å². The standard InChI is InChI=1S/C20H22N2O5/c23-10-9-21-11-18(19(24)25)22-20(26)27-12-17-15-7-3-1-5-13(15)14-6-2-4-8-16(14)17/h1-8,17-18,21,23H,9-12H2,(H,22,26)(H,24,25)/t18-/m0/s1. The number of aliphatic hydroxyl groups excluding tert-OH is 1. The van der Waals surface area contributed by atoms with Gasteiger partial charge in [0.1, 0.15) is 12.6 Å². The van der Waals surface area contributed by atoms with Gasteiger partial charge >= 0.3 is 12.1 Å². The maximum absolute atomic E-state index is 12.1. The Morgan fingerprint density at radius 3 is 2.19 bits per heavy atom. The summed E-state index contributed by atoms with van der Waals surface area (Å²) in [5.41, 5.74) is 4.43. The van der Waals surface area contributed by atoms with Crippen molar-refractivity contribution in [1.29, 1.82) is 0 Å². The van der Waals surface area contributed by atoms with Crippen molar-refractivity contribution in [3.63, 3.8) is 0 Å². The van der Waals surface area contributed by atoms with E-state index < -0.39 is 18.1 Å². The maximum atomic E-state index is 12.1. The third-order valence-electron chi connectivity index (χ3n) is 4.57. The van der Waals surface area contributed by atoms with E-state index in [1.807, 2.05) is 48.5 Å². The monoisotopic (exact) mass is 370 g/mol. The molecule has 7 nitrogen and oxygen atoms in total. The fourth-order valence-corrected chi connectivity index (χ4v) is 3.31. The average molecular weight is 370 g/mol. The van der Waals surface area contributed by atoms with Crippen LogP contribution in [0.5, 0.6) is 0 Å². The Morgan fingerprint density at radius 2 is 1.63 bits per heavy atom. The second kappa shape index (κ2) is 8.66. The van der Waals surface area contributed by atoms with Crippen LogP contribution in [-0.2, 0) is 9.53 Å². The Kier molecular flexibility index (Phi) is 6.05. The van der Waals surface area contributed by atoms with Gasteiger partial charge in [0.15, 0.2) is 0 Å².